The van der Waals surface area contributed by atoms with Gasteiger partial charge in [0.2, 0.25) is 5.91 Å². The van der Waals surface area contributed by atoms with Gasteiger partial charge in [0.15, 0.2) is 0 Å². The number of hydrogen-bond donors (Lipinski definition) is 2. The maximum Gasteiger partial charge on any atom is 0.326 e. The predicted molar refractivity (Wildman–Crippen MR) is 59.0 cm³/mol. The number of nitrogens with zero attached hydrogens (tertiary/aromatic N) is 1. The first-order valence-corrected chi connectivity index (χ1v) is 6.00. The molecule has 86 valence electrons. The van der Waals surface area contributed by atoms with E-state index in [1.807, 2.05) is 0 Å². The van der Waals surface area contributed by atoms with Crippen LogP contribution in [0.5, 0.6) is 0 Å². The first-order valence-electron chi connectivity index (χ1n) is 4.84. The first-order chi connectivity index (χ1) is 7.04. The molecule has 6 heteroatoms. The van der Waals surface area contributed by atoms with Crippen LogP contribution in [-0.4, -0.2) is 59.1 Å². The molecule has 0 aromatic heterocycles. The molecule has 2 unspecified atom stereocenters. The Balaban J connectivity index is 2.54. The van der Waals surface area contributed by atoms with E-state index in [-0.39, 0.29) is 11.9 Å². The number of carboxylic acid groups (broad SMARTS) is 1. The normalized spacial score (nSPS) is 23.2. The smallest absolute Gasteiger partial charge is 0.326 e. The number of nitrogens with one attached hydrogen (secondary N) is 1. The molecule has 0 radical (unpaired) electrons. The minimum Gasteiger partial charge on any atom is -0.480 e. The summed E-state index contributed by atoms with van der Waals surface area (Å²) in [7, 11) is 1.53. The third-order valence-electron chi connectivity index (χ3n) is 2.51. The molecule has 0 bridgehead atoms. The van der Waals surface area contributed by atoms with Gasteiger partial charge < -0.3 is 15.3 Å². The summed E-state index contributed by atoms with van der Waals surface area (Å²) in [4.78, 5) is 23.8. The van der Waals surface area contributed by atoms with Crippen LogP contribution in [0.4, 0.5) is 0 Å². The second kappa shape index (κ2) is 5.37. The maximum absolute atomic E-state index is 11.8. The van der Waals surface area contributed by atoms with Crippen LogP contribution >= 0.6 is 11.8 Å². The summed E-state index contributed by atoms with van der Waals surface area (Å²) in [5, 5.41) is 11.9. The molecule has 0 aliphatic carbocycles. The van der Waals surface area contributed by atoms with Crippen molar-refractivity contribution in [2.75, 3.05) is 25.1 Å². The highest BCUT2D eigenvalue weighted by Gasteiger charge is 2.28. The lowest BCUT2D eigenvalue weighted by Crippen LogP contribution is -2.53. The highest BCUT2D eigenvalue weighted by Crippen LogP contribution is 2.10. The molecule has 1 saturated heterocycles. The van der Waals surface area contributed by atoms with E-state index in [4.69, 9.17) is 5.11 Å². The quantitative estimate of drug-likeness (QED) is 0.694. The number of carbonyl (C=O) groups is 2. The third kappa shape index (κ3) is 3.10. The van der Waals surface area contributed by atoms with Gasteiger partial charge in [-0.3, -0.25) is 4.79 Å². The fourth-order valence-electron chi connectivity index (χ4n) is 1.33. The van der Waals surface area contributed by atoms with Gasteiger partial charge in [-0.15, -0.1) is 0 Å². The molecular formula is C9H16N2O3S. The van der Waals surface area contributed by atoms with Gasteiger partial charge in [-0.2, -0.15) is 11.8 Å². The molecule has 1 amide bonds. The monoisotopic (exact) mass is 232 g/mol. The van der Waals surface area contributed by atoms with E-state index in [9.17, 15) is 9.59 Å². The zero-order valence-corrected chi connectivity index (χ0v) is 9.71. The molecule has 1 aliphatic rings. The molecule has 1 rings (SSSR count). The summed E-state index contributed by atoms with van der Waals surface area (Å²) in [6.45, 7) is 2.31. The van der Waals surface area contributed by atoms with Crippen molar-refractivity contribution in [3.05, 3.63) is 0 Å². The minimum atomic E-state index is -0.977. The van der Waals surface area contributed by atoms with Crippen LogP contribution in [0.3, 0.4) is 0 Å². The molecule has 1 aliphatic heterocycles. The van der Waals surface area contributed by atoms with E-state index in [1.165, 1.54) is 18.9 Å². The summed E-state index contributed by atoms with van der Waals surface area (Å²) in [6, 6.07) is -1.01. The summed E-state index contributed by atoms with van der Waals surface area (Å²) in [5.74, 6) is 0.601. The molecule has 5 nitrogen and oxygen atoms in total. The second-order valence-corrected chi connectivity index (χ2v) is 4.69. The average molecular weight is 232 g/mol. The van der Waals surface area contributed by atoms with Crippen LogP contribution in [0, 0.1) is 0 Å². The number of carboxylic acids is 1. The minimum absolute atomic E-state index is 0.142. The van der Waals surface area contributed by atoms with Crippen LogP contribution in [0.1, 0.15) is 6.92 Å². The fourth-order valence-corrected chi connectivity index (χ4v) is 2.25. The Labute approximate surface area is 93.2 Å². The van der Waals surface area contributed by atoms with Gasteiger partial charge >= 0.3 is 5.97 Å². The van der Waals surface area contributed by atoms with E-state index >= 15 is 0 Å². The van der Waals surface area contributed by atoms with Crippen LogP contribution in [0.2, 0.25) is 0 Å². The lowest BCUT2D eigenvalue weighted by atomic mass is 10.2. The number of carbonyl (C=O) groups excluding carboxylic acids is 1. The Hall–Kier alpha value is -0.750. The molecule has 1 heterocycles. The zero-order chi connectivity index (χ0) is 11.4. The van der Waals surface area contributed by atoms with Crippen molar-refractivity contribution in [2.45, 2.75) is 19.0 Å². The SMILES string of the molecule is CC(C(=O)O)N(C)C(=O)C1CSCCN1. The highest BCUT2D eigenvalue weighted by atomic mass is 32.2. The largest absolute Gasteiger partial charge is 0.480 e. The lowest BCUT2D eigenvalue weighted by molar-refractivity contribution is -0.148. The van der Waals surface area contributed by atoms with Gasteiger partial charge in [-0.05, 0) is 6.92 Å². The number of amides is 1. The number of thioether (sulfide) groups is 1. The zero-order valence-electron chi connectivity index (χ0n) is 8.90. The van der Waals surface area contributed by atoms with Crippen molar-refractivity contribution in [2.24, 2.45) is 0 Å². The highest BCUT2D eigenvalue weighted by molar-refractivity contribution is 7.99. The molecule has 2 N–H and O–H groups in total. The fraction of sp³-hybridized carbons (Fsp3) is 0.778. The summed E-state index contributed by atoms with van der Waals surface area (Å²) < 4.78 is 0. The molecule has 0 aromatic rings. The first kappa shape index (κ1) is 12.3. The number of rotatable bonds is 3. The topological polar surface area (TPSA) is 69.6 Å². The maximum atomic E-state index is 11.8. The molecule has 0 spiro atoms. The van der Waals surface area contributed by atoms with Crippen molar-refractivity contribution < 1.29 is 14.7 Å². The molecule has 15 heavy (non-hydrogen) atoms. The molecule has 1 fully saturated rings. The van der Waals surface area contributed by atoms with Gasteiger partial charge in [-0.25, -0.2) is 4.79 Å². The number of aliphatic carboxylic acids is 1. The van der Waals surface area contributed by atoms with Crippen LogP contribution in [-0.2, 0) is 9.59 Å². The van der Waals surface area contributed by atoms with E-state index in [0.717, 1.165) is 18.1 Å². The number of likely N-dealkylation sites (N-methyl/N-ethyl adjacent to an activating group) is 1. The van der Waals surface area contributed by atoms with Crippen LogP contribution in [0.25, 0.3) is 0 Å². The third-order valence-corrected chi connectivity index (χ3v) is 3.57. The van der Waals surface area contributed by atoms with Crippen molar-refractivity contribution in [3.8, 4) is 0 Å². The van der Waals surface area contributed by atoms with E-state index in [2.05, 4.69) is 5.32 Å². The van der Waals surface area contributed by atoms with Crippen molar-refractivity contribution in [1.29, 1.82) is 0 Å². The Bertz CT molecular complexity index is 254. The van der Waals surface area contributed by atoms with Crippen molar-refractivity contribution >= 4 is 23.6 Å². The average Bonchev–Trinajstić information content (AvgIpc) is 2.27. The van der Waals surface area contributed by atoms with E-state index < -0.39 is 12.0 Å². The van der Waals surface area contributed by atoms with Gasteiger partial charge in [-0.1, -0.05) is 0 Å². The molecule has 0 saturated carbocycles. The predicted octanol–water partition coefficient (Wildman–Crippen LogP) is -0.377. The summed E-state index contributed by atoms with van der Waals surface area (Å²) in [5.41, 5.74) is 0. The van der Waals surface area contributed by atoms with Gasteiger partial charge in [0.25, 0.3) is 0 Å². The van der Waals surface area contributed by atoms with Gasteiger partial charge in [0.1, 0.15) is 6.04 Å². The van der Waals surface area contributed by atoms with Crippen molar-refractivity contribution in [3.63, 3.8) is 0 Å². The molecule has 2 atom stereocenters. The Morgan fingerprint density at radius 1 is 1.60 bits per heavy atom. The Kier molecular flexibility index (Phi) is 4.41. The standard InChI is InChI=1S/C9H16N2O3S/c1-6(9(13)14)11(2)8(12)7-5-15-4-3-10-7/h6-7,10H,3-5H2,1-2H3,(H,13,14). The van der Waals surface area contributed by atoms with Crippen molar-refractivity contribution in [1.82, 2.24) is 10.2 Å². The summed E-state index contributed by atoms with van der Waals surface area (Å²) >= 11 is 1.71. The van der Waals surface area contributed by atoms with E-state index in [0.29, 0.717) is 0 Å². The molecule has 0 aromatic carbocycles. The Morgan fingerprint density at radius 3 is 2.73 bits per heavy atom. The number of hydrogen-bond acceptors (Lipinski definition) is 4. The Morgan fingerprint density at radius 2 is 2.27 bits per heavy atom. The van der Waals surface area contributed by atoms with E-state index in [1.54, 1.807) is 11.8 Å². The molecular weight excluding hydrogens is 216 g/mol. The second-order valence-electron chi connectivity index (χ2n) is 3.54. The van der Waals surface area contributed by atoms with Gasteiger partial charge in [0.05, 0.1) is 6.04 Å². The van der Waals surface area contributed by atoms with Crippen LogP contribution < -0.4 is 5.32 Å². The summed E-state index contributed by atoms with van der Waals surface area (Å²) in [6.07, 6.45) is 0. The lowest BCUT2D eigenvalue weighted by Gasteiger charge is -2.29. The van der Waals surface area contributed by atoms with Gasteiger partial charge in [0, 0.05) is 25.1 Å². The van der Waals surface area contributed by atoms with Crippen LogP contribution in [0.15, 0.2) is 0 Å².